The van der Waals surface area contributed by atoms with Crippen molar-refractivity contribution in [3.8, 4) is 5.69 Å². The van der Waals surface area contributed by atoms with E-state index in [2.05, 4.69) is 40.4 Å². The Bertz CT molecular complexity index is 728. The van der Waals surface area contributed by atoms with Crippen molar-refractivity contribution in [3.63, 3.8) is 0 Å². The number of nitrogens with zero attached hydrogens (tertiary/aromatic N) is 3. The number of fused-ring (bicyclic) bond motifs is 3. The summed E-state index contributed by atoms with van der Waals surface area (Å²) in [7, 11) is 2.18. The molecular formula is C18H22N4O. The first-order chi connectivity index (χ1) is 11.2. The number of carbonyl (C=O) groups is 1. The zero-order valence-corrected chi connectivity index (χ0v) is 13.5. The van der Waals surface area contributed by atoms with Crippen molar-refractivity contribution in [2.75, 3.05) is 33.2 Å². The Morgan fingerprint density at radius 3 is 2.78 bits per heavy atom. The Kier molecular flexibility index (Phi) is 3.67. The number of amides is 1. The van der Waals surface area contributed by atoms with Gasteiger partial charge in [-0.05, 0) is 36.4 Å². The van der Waals surface area contributed by atoms with Crippen molar-refractivity contribution in [2.45, 2.75) is 13.1 Å². The number of aromatic nitrogens is 1. The molecule has 1 aromatic heterocycles. The van der Waals surface area contributed by atoms with Crippen molar-refractivity contribution < 1.29 is 4.79 Å². The minimum absolute atomic E-state index is 0.00758. The maximum absolute atomic E-state index is 12.1. The first-order valence-electron chi connectivity index (χ1n) is 8.19. The highest BCUT2D eigenvalue weighted by Gasteiger charge is 2.20. The van der Waals surface area contributed by atoms with E-state index in [4.69, 9.17) is 0 Å². The number of rotatable bonds is 2. The number of hydrogen-bond acceptors (Lipinski definition) is 3. The minimum atomic E-state index is -0.00758. The molecule has 5 heteroatoms. The molecule has 2 aromatic rings. The van der Waals surface area contributed by atoms with E-state index in [0.29, 0.717) is 12.2 Å². The van der Waals surface area contributed by atoms with Crippen LogP contribution in [-0.4, -0.2) is 53.5 Å². The smallest absolute Gasteiger partial charge is 0.268 e. The number of benzene rings is 1. The second-order valence-electron chi connectivity index (χ2n) is 6.49. The summed E-state index contributed by atoms with van der Waals surface area (Å²) in [4.78, 5) is 17.0. The fraction of sp³-hybridized carbons (Fsp3) is 0.389. The van der Waals surface area contributed by atoms with Crippen LogP contribution in [0, 0.1) is 0 Å². The molecule has 120 valence electrons. The molecule has 1 saturated heterocycles. The molecule has 0 unspecified atom stereocenters. The third-order valence-electron chi connectivity index (χ3n) is 4.83. The summed E-state index contributed by atoms with van der Waals surface area (Å²) in [5.74, 6) is -0.00758. The van der Waals surface area contributed by atoms with E-state index >= 15 is 0 Å². The van der Waals surface area contributed by atoms with Gasteiger partial charge in [0.15, 0.2) is 0 Å². The lowest BCUT2D eigenvalue weighted by atomic mass is 10.1. The van der Waals surface area contributed by atoms with Crippen LogP contribution >= 0.6 is 0 Å². The van der Waals surface area contributed by atoms with Crippen molar-refractivity contribution >= 4 is 5.91 Å². The quantitative estimate of drug-likeness (QED) is 0.913. The second kappa shape index (κ2) is 5.83. The molecule has 1 N–H and O–H groups in total. The van der Waals surface area contributed by atoms with Crippen LogP contribution in [-0.2, 0) is 13.1 Å². The monoisotopic (exact) mass is 310 g/mol. The van der Waals surface area contributed by atoms with Gasteiger partial charge in [-0.1, -0.05) is 12.1 Å². The zero-order valence-electron chi connectivity index (χ0n) is 13.5. The van der Waals surface area contributed by atoms with E-state index in [0.717, 1.165) is 38.4 Å². The summed E-state index contributed by atoms with van der Waals surface area (Å²) in [5.41, 5.74) is 4.30. The highest BCUT2D eigenvalue weighted by molar-refractivity contribution is 5.94. The molecule has 0 atom stereocenters. The van der Waals surface area contributed by atoms with Crippen LogP contribution in [0.25, 0.3) is 5.69 Å². The minimum Gasteiger partial charge on any atom is -0.347 e. The van der Waals surface area contributed by atoms with Gasteiger partial charge < -0.3 is 14.8 Å². The van der Waals surface area contributed by atoms with Gasteiger partial charge >= 0.3 is 0 Å². The Balaban J connectivity index is 1.59. The number of nitrogens with one attached hydrogen (secondary N) is 1. The lowest BCUT2D eigenvalue weighted by molar-refractivity contribution is 0.0946. The second-order valence-corrected chi connectivity index (χ2v) is 6.49. The Labute approximate surface area is 136 Å². The molecule has 0 saturated carbocycles. The molecule has 0 aliphatic carbocycles. The number of carbonyl (C=O) groups excluding carboxylic acids is 1. The molecule has 5 nitrogen and oxygen atoms in total. The Hall–Kier alpha value is -2.11. The van der Waals surface area contributed by atoms with Crippen LogP contribution in [0.1, 0.15) is 21.6 Å². The predicted octanol–water partition coefficient (Wildman–Crippen LogP) is 1.47. The topological polar surface area (TPSA) is 40.5 Å². The van der Waals surface area contributed by atoms with Crippen molar-refractivity contribution in [1.29, 1.82) is 0 Å². The SMILES string of the molecule is CN1CCN(Cc2ccc3c(c2)CNC(=O)c2cccn2-3)CC1. The van der Waals surface area contributed by atoms with Gasteiger partial charge in [0.05, 0.1) is 5.69 Å². The van der Waals surface area contributed by atoms with Crippen LogP contribution in [0.3, 0.4) is 0 Å². The van der Waals surface area contributed by atoms with E-state index in [1.54, 1.807) is 0 Å². The molecule has 4 rings (SSSR count). The van der Waals surface area contributed by atoms with Gasteiger partial charge in [0.1, 0.15) is 5.69 Å². The van der Waals surface area contributed by atoms with Crippen molar-refractivity contribution in [2.24, 2.45) is 0 Å². The average Bonchev–Trinajstić information content (AvgIpc) is 3.00. The van der Waals surface area contributed by atoms with Gasteiger partial charge in [-0.25, -0.2) is 0 Å². The molecule has 2 aliphatic heterocycles. The molecule has 2 aliphatic rings. The molecule has 1 fully saturated rings. The highest BCUT2D eigenvalue weighted by atomic mass is 16.1. The van der Waals surface area contributed by atoms with Crippen LogP contribution in [0.4, 0.5) is 0 Å². The van der Waals surface area contributed by atoms with E-state index in [1.165, 1.54) is 11.1 Å². The van der Waals surface area contributed by atoms with Gasteiger partial charge in [0.2, 0.25) is 0 Å². The Morgan fingerprint density at radius 2 is 1.96 bits per heavy atom. The fourth-order valence-electron chi connectivity index (χ4n) is 3.42. The van der Waals surface area contributed by atoms with Crippen LogP contribution in [0.2, 0.25) is 0 Å². The third kappa shape index (κ3) is 2.78. The number of likely N-dealkylation sites (N-methyl/N-ethyl adjacent to an activating group) is 1. The van der Waals surface area contributed by atoms with E-state index in [9.17, 15) is 4.79 Å². The fourth-order valence-corrected chi connectivity index (χ4v) is 3.42. The van der Waals surface area contributed by atoms with E-state index in [-0.39, 0.29) is 5.91 Å². The summed E-state index contributed by atoms with van der Waals surface area (Å²) >= 11 is 0. The van der Waals surface area contributed by atoms with Gasteiger partial charge in [-0.2, -0.15) is 0 Å². The third-order valence-corrected chi connectivity index (χ3v) is 4.83. The molecule has 0 spiro atoms. The number of hydrogen-bond donors (Lipinski definition) is 1. The summed E-state index contributed by atoms with van der Waals surface area (Å²) in [6.45, 7) is 6.07. The van der Waals surface area contributed by atoms with E-state index < -0.39 is 0 Å². The predicted molar refractivity (Wildman–Crippen MR) is 89.7 cm³/mol. The van der Waals surface area contributed by atoms with Gasteiger partial charge in [-0.3, -0.25) is 9.69 Å². The first kappa shape index (κ1) is 14.5. The lowest BCUT2D eigenvalue weighted by Crippen LogP contribution is -2.43. The van der Waals surface area contributed by atoms with Crippen LogP contribution in [0.5, 0.6) is 0 Å². The molecule has 0 bridgehead atoms. The molecular weight excluding hydrogens is 288 g/mol. The van der Waals surface area contributed by atoms with Gasteiger partial charge in [0.25, 0.3) is 5.91 Å². The average molecular weight is 310 g/mol. The molecule has 1 amide bonds. The highest BCUT2D eigenvalue weighted by Crippen LogP contribution is 2.23. The maximum Gasteiger partial charge on any atom is 0.268 e. The van der Waals surface area contributed by atoms with Gasteiger partial charge in [-0.15, -0.1) is 0 Å². The summed E-state index contributed by atoms with van der Waals surface area (Å²) in [6.07, 6.45) is 1.96. The first-order valence-corrected chi connectivity index (χ1v) is 8.19. The normalized spacial score (nSPS) is 18.9. The lowest BCUT2D eigenvalue weighted by Gasteiger charge is -2.32. The standard InChI is InChI=1S/C18H22N4O/c1-20-7-9-21(10-8-20)13-14-4-5-16-15(11-14)12-19-18(23)17-3-2-6-22(16)17/h2-6,11H,7-10,12-13H2,1H3,(H,19,23). The maximum atomic E-state index is 12.1. The van der Waals surface area contributed by atoms with Crippen molar-refractivity contribution in [1.82, 2.24) is 19.7 Å². The Morgan fingerprint density at radius 1 is 1.13 bits per heavy atom. The largest absolute Gasteiger partial charge is 0.347 e. The summed E-state index contributed by atoms with van der Waals surface area (Å²) in [5, 5.41) is 3.00. The molecule has 23 heavy (non-hydrogen) atoms. The van der Waals surface area contributed by atoms with Gasteiger partial charge in [0, 0.05) is 45.5 Å². The van der Waals surface area contributed by atoms with Crippen molar-refractivity contribution in [3.05, 3.63) is 53.3 Å². The van der Waals surface area contributed by atoms with Crippen LogP contribution in [0.15, 0.2) is 36.5 Å². The summed E-state index contributed by atoms with van der Waals surface area (Å²) in [6, 6.07) is 10.4. The number of piperazine rings is 1. The molecule has 3 heterocycles. The van der Waals surface area contributed by atoms with Crippen LogP contribution < -0.4 is 5.32 Å². The summed E-state index contributed by atoms with van der Waals surface area (Å²) < 4.78 is 1.98. The molecule has 0 radical (unpaired) electrons. The molecule has 1 aromatic carbocycles. The van der Waals surface area contributed by atoms with E-state index in [1.807, 2.05) is 22.9 Å². The zero-order chi connectivity index (χ0) is 15.8.